The Morgan fingerprint density at radius 3 is 2.66 bits per heavy atom. The summed E-state index contributed by atoms with van der Waals surface area (Å²) in [5.41, 5.74) is 3.10. The molecule has 0 saturated carbocycles. The Balaban J connectivity index is 1.24. The summed E-state index contributed by atoms with van der Waals surface area (Å²) in [6.45, 7) is 1.17. The molecule has 2 aromatic carbocycles. The van der Waals surface area contributed by atoms with E-state index in [1.54, 1.807) is 17.3 Å². The fraction of sp³-hybridized carbons (Fsp3) is 0.182. The van der Waals surface area contributed by atoms with E-state index in [4.69, 9.17) is 9.15 Å². The van der Waals surface area contributed by atoms with Crippen LogP contribution in [0.4, 0.5) is 0 Å². The van der Waals surface area contributed by atoms with Gasteiger partial charge in [0.2, 0.25) is 5.89 Å². The second kappa shape index (κ2) is 9.45. The molecule has 0 spiro atoms. The van der Waals surface area contributed by atoms with E-state index in [0.29, 0.717) is 12.5 Å². The van der Waals surface area contributed by atoms with E-state index in [0.717, 1.165) is 36.4 Å². The number of nitrogens with zero attached hydrogens (tertiary/aromatic N) is 5. The van der Waals surface area contributed by atoms with Gasteiger partial charge in [0, 0.05) is 12.6 Å². The molecule has 0 amide bonds. The summed E-state index contributed by atoms with van der Waals surface area (Å²) in [6, 6.07) is 18.1. The van der Waals surface area contributed by atoms with Crippen LogP contribution in [-0.2, 0) is 19.6 Å². The molecule has 0 saturated heterocycles. The van der Waals surface area contributed by atoms with E-state index in [9.17, 15) is 0 Å². The van der Waals surface area contributed by atoms with Crippen LogP contribution < -0.4 is 4.74 Å². The van der Waals surface area contributed by atoms with E-state index >= 15 is 0 Å². The maximum atomic E-state index is 5.81. The van der Waals surface area contributed by atoms with Crippen LogP contribution in [0.25, 0.3) is 12.2 Å². The Labute approximate surface area is 168 Å². The highest BCUT2D eigenvalue weighted by Gasteiger charge is 2.03. The minimum absolute atomic E-state index is 0.362. The van der Waals surface area contributed by atoms with Crippen LogP contribution in [0.1, 0.15) is 29.1 Å². The van der Waals surface area contributed by atoms with Gasteiger partial charge in [0.05, 0.1) is 0 Å². The molecular formula is C22H21N5O2. The normalized spacial score (nSPS) is 11.2. The van der Waals surface area contributed by atoms with Gasteiger partial charge in [-0.15, -0.1) is 5.10 Å². The second-order valence-corrected chi connectivity index (χ2v) is 6.53. The first-order valence-corrected chi connectivity index (χ1v) is 9.45. The molecule has 0 aliphatic carbocycles. The van der Waals surface area contributed by atoms with Crippen LogP contribution in [-0.4, -0.2) is 25.2 Å². The average Bonchev–Trinajstić information content (AvgIpc) is 3.45. The lowest BCUT2D eigenvalue weighted by Gasteiger charge is -2.06. The van der Waals surface area contributed by atoms with E-state index in [1.165, 1.54) is 5.56 Å². The number of ether oxygens (including phenoxy) is 1. The molecular weight excluding hydrogens is 366 g/mol. The largest absolute Gasteiger partial charge is 0.487 e. The van der Waals surface area contributed by atoms with Gasteiger partial charge >= 0.3 is 0 Å². The highest BCUT2D eigenvalue weighted by molar-refractivity contribution is 5.65. The maximum Gasteiger partial charge on any atom is 0.218 e. The molecule has 4 rings (SSSR count). The SMILES string of the molecule is C(=C\c1nc(COc2ccc(CCCn3cnnn3)cc2)co1)/c1ccccc1. The van der Waals surface area contributed by atoms with Gasteiger partial charge in [0.25, 0.3) is 0 Å². The molecule has 146 valence electrons. The topological polar surface area (TPSA) is 78.9 Å². The van der Waals surface area contributed by atoms with Crippen LogP contribution >= 0.6 is 0 Å². The molecule has 0 aliphatic heterocycles. The quantitative estimate of drug-likeness (QED) is 0.431. The lowest BCUT2D eigenvalue weighted by atomic mass is 10.1. The third-order valence-electron chi connectivity index (χ3n) is 4.34. The van der Waals surface area contributed by atoms with Gasteiger partial charge in [-0.3, -0.25) is 0 Å². The van der Waals surface area contributed by atoms with E-state index in [2.05, 4.69) is 32.6 Å². The summed E-state index contributed by atoms with van der Waals surface area (Å²) in [5.74, 6) is 1.36. The summed E-state index contributed by atoms with van der Waals surface area (Å²) < 4.78 is 13.0. The third kappa shape index (κ3) is 5.62. The molecule has 0 aliphatic rings. The minimum atomic E-state index is 0.362. The number of hydrogen-bond acceptors (Lipinski definition) is 6. The molecule has 0 fully saturated rings. The number of oxazole rings is 1. The van der Waals surface area contributed by atoms with Crippen molar-refractivity contribution in [2.45, 2.75) is 26.0 Å². The van der Waals surface area contributed by atoms with Crippen molar-refractivity contribution < 1.29 is 9.15 Å². The van der Waals surface area contributed by atoms with Crippen LogP contribution in [0, 0.1) is 0 Å². The van der Waals surface area contributed by atoms with E-state index in [-0.39, 0.29) is 0 Å². The van der Waals surface area contributed by atoms with Gasteiger partial charge in [0.1, 0.15) is 30.6 Å². The zero-order valence-electron chi connectivity index (χ0n) is 15.9. The summed E-state index contributed by atoms with van der Waals surface area (Å²) in [6.07, 6.45) is 9.00. The maximum absolute atomic E-state index is 5.81. The van der Waals surface area contributed by atoms with Gasteiger partial charge in [0.15, 0.2) is 0 Å². The van der Waals surface area contributed by atoms with Crippen LogP contribution in [0.5, 0.6) is 5.75 Å². The van der Waals surface area contributed by atoms with Gasteiger partial charge in [-0.2, -0.15) is 0 Å². The smallest absolute Gasteiger partial charge is 0.218 e. The number of tetrazole rings is 1. The Hall–Kier alpha value is -3.74. The molecule has 2 aromatic heterocycles. The van der Waals surface area contributed by atoms with Crippen molar-refractivity contribution >= 4 is 12.2 Å². The number of aryl methyl sites for hydroxylation is 2. The second-order valence-electron chi connectivity index (χ2n) is 6.53. The average molecular weight is 387 g/mol. The Morgan fingerprint density at radius 2 is 1.86 bits per heavy atom. The first-order valence-electron chi connectivity index (χ1n) is 9.45. The van der Waals surface area contributed by atoms with Crippen molar-refractivity contribution in [3.63, 3.8) is 0 Å². The fourth-order valence-electron chi connectivity index (χ4n) is 2.83. The van der Waals surface area contributed by atoms with Gasteiger partial charge < -0.3 is 9.15 Å². The van der Waals surface area contributed by atoms with Gasteiger partial charge in [-0.1, -0.05) is 42.5 Å². The minimum Gasteiger partial charge on any atom is -0.487 e. The van der Waals surface area contributed by atoms with Crippen molar-refractivity contribution in [3.05, 3.63) is 89.9 Å². The van der Waals surface area contributed by atoms with Gasteiger partial charge in [-0.25, -0.2) is 9.67 Å². The Bertz CT molecular complexity index is 1020. The Morgan fingerprint density at radius 1 is 1.00 bits per heavy atom. The highest BCUT2D eigenvalue weighted by atomic mass is 16.5. The molecule has 2 heterocycles. The van der Waals surface area contributed by atoms with Crippen LogP contribution in [0.15, 0.2) is 71.6 Å². The van der Waals surface area contributed by atoms with Crippen LogP contribution in [0.3, 0.4) is 0 Å². The Kier molecular flexibility index (Phi) is 6.07. The molecule has 0 atom stereocenters. The lowest BCUT2D eigenvalue weighted by molar-refractivity contribution is 0.301. The molecule has 0 N–H and O–H groups in total. The van der Waals surface area contributed by atoms with Crippen molar-refractivity contribution in [2.75, 3.05) is 0 Å². The first-order chi connectivity index (χ1) is 14.3. The monoisotopic (exact) mass is 387 g/mol. The predicted molar refractivity (Wildman–Crippen MR) is 109 cm³/mol. The number of hydrogen-bond donors (Lipinski definition) is 0. The molecule has 7 heteroatoms. The third-order valence-corrected chi connectivity index (χ3v) is 4.34. The zero-order chi connectivity index (χ0) is 19.7. The predicted octanol–water partition coefficient (Wildman–Crippen LogP) is 4.04. The summed E-state index contributed by atoms with van der Waals surface area (Å²) in [4.78, 5) is 4.43. The molecule has 29 heavy (non-hydrogen) atoms. The van der Waals surface area contributed by atoms with Crippen molar-refractivity contribution in [2.24, 2.45) is 0 Å². The number of benzene rings is 2. The molecule has 4 aromatic rings. The van der Waals surface area contributed by atoms with Gasteiger partial charge in [-0.05, 0) is 52.6 Å². The zero-order valence-corrected chi connectivity index (χ0v) is 15.9. The lowest BCUT2D eigenvalue weighted by Crippen LogP contribution is -2.00. The van der Waals surface area contributed by atoms with Crippen molar-refractivity contribution in [1.82, 2.24) is 25.2 Å². The van der Waals surface area contributed by atoms with Crippen LogP contribution in [0.2, 0.25) is 0 Å². The van der Waals surface area contributed by atoms with Crippen molar-refractivity contribution in [1.29, 1.82) is 0 Å². The van der Waals surface area contributed by atoms with Crippen molar-refractivity contribution in [3.8, 4) is 5.75 Å². The number of rotatable bonds is 9. The first kappa shape index (κ1) is 18.6. The highest BCUT2D eigenvalue weighted by Crippen LogP contribution is 2.16. The number of aromatic nitrogens is 5. The molecule has 7 nitrogen and oxygen atoms in total. The van der Waals surface area contributed by atoms with E-state index < -0.39 is 0 Å². The molecule has 0 bridgehead atoms. The molecule has 0 unspecified atom stereocenters. The van der Waals surface area contributed by atoms with E-state index in [1.807, 2.05) is 54.6 Å². The summed E-state index contributed by atoms with van der Waals surface area (Å²) in [5, 5.41) is 11.1. The summed E-state index contributed by atoms with van der Waals surface area (Å²) in [7, 11) is 0. The summed E-state index contributed by atoms with van der Waals surface area (Å²) >= 11 is 0. The standard InChI is InChI=1S/C22H21N5O2/c1-2-5-18(6-3-1)10-13-22-24-20(16-29-22)15-28-21-11-8-19(9-12-21)7-4-14-27-17-23-25-26-27/h1-3,5-6,8-13,16-17H,4,7,14-15H2/b13-10+. The molecule has 0 radical (unpaired) electrons. The fourth-order valence-corrected chi connectivity index (χ4v) is 2.83.